The molecular formula is C11H14N4O. The van der Waals surface area contributed by atoms with Gasteiger partial charge in [-0.05, 0) is 25.6 Å². The summed E-state index contributed by atoms with van der Waals surface area (Å²) in [4.78, 5) is 0. The van der Waals surface area contributed by atoms with Crippen molar-refractivity contribution in [1.82, 2.24) is 15.0 Å². The fourth-order valence-corrected chi connectivity index (χ4v) is 1.60. The summed E-state index contributed by atoms with van der Waals surface area (Å²) in [6.07, 6.45) is 0.694. The number of nitrogens with zero attached hydrogens (tertiary/aromatic N) is 3. The first-order valence-corrected chi connectivity index (χ1v) is 5.13. The van der Waals surface area contributed by atoms with Crippen molar-refractivity contribution in [3.63, 3.8) is 0 Å². The molecule has 0 aliphatic heterocycles. The van der Waals surface area contributed by atoms with Crippen LogP contribution in [0.4, 0.5) is 0 Å². The number of aromatic nitrogens is 3. The lowest BCUT2D eigenvalue weighted by atomic mass is 10.2. The molecule has 1 aromatic carbocycles. The van der Waals surface area contributed by atoms with Gasteiger partial charge < -0.3 is 10.8 Å². The van der Waals surface area contributed by atoms with Gasteiger partial charge in [0.1, 0.15) is 11.4 Å². The summed E-state index contributed by atoms with van der Waals surface area (Å²) in [6.45, 7) is 2.46. The highest BCUT2D eigenvalue weighted by Gasteiger charge is 2.11. The van der Waals surface area contributed by atoms with Crippen molar-refractivity contribution in [3.8, 4) is 11.4 Å². The lowest BCUT2D eigenvalue weighted by molar-refractivity contribution is 0.469. The van der Waals surface area contributed by atoms with E-state index in [1.807, 2.05) is 13.0 Å². The van der Waals surface area contributed by atoms with Crippen molar-refractivity contribution in [2.75, 3.05) is 6.54 Å². The van der Waals surface area contributed by atoms with Crippen LogP contribution < -0.4 is 5.73 Å². The molecule has 1 heterocycles. The minimum atomic E-state index is 0.190. The predicted molar refractivity (Wildman–Crippen MR) is 60.5 cm³/mol. The molecule has 1 aromatic heterocycles. The van der Waals surface area contributed by atoms with Crippen LogP contribution >= 0.6 is 0 Å². The van der Waals surface area contributed by atoms with E-state index in [0.717, 1.165) is 11.4 Å². The zero-order valence-corrected chi connectivity index (χ0v) is 9.09. The Morgan fingerprint density at radius 1 is 1.38 bits per heavy atom. The Morgan fingerprint density at radius 3 is 2.81 bits per heavy atom. The maximum atomic E-state index is 9.71. The fourth-order valence-electron chi connectivity index (χ4n) is 1.60. The summed E-state index contributed by atoms with van der Waals surface area (Å²) in [5.74, 6) is 0.190. The van der Waals surface area contributed by atoms with Crippen LogP contribution in [0.1, 0.15) is 11.4 Å². The van der Waals surface area contributed by atoms with Crippen LogP contribution in [0.2, 0.25) is 0 Å². The molecule has 5 heteroatoms. The number of phenols is 1. The second kappa shape index (κ2) is 4.32. The average molecular weight is 218 g/mol. The second-order valence-electron chi connectivity index (χ2n) is 3.56. The van der Waals surface area contributed by atoms with Crippen LogP contribution in [0.5, 0.6) is 5.75 Å². The highest BCUT2D eigenvalue weighted by Crippen LogP contribution is 2.21. The molecule has 3 N–H and O–H groups in total. The first-order chi connectivity index (χ1) is 7.74. The van der Waals surface area contributed by atoms with E-state index in [1.165, 1.54) is 0 Å². The zero-order chi connectivity index (χ0) is 11.5. The molecule has 16 heavy (non-hydrogen) atoms. The topological polar surface area (TPSA) is 77.0 Å². The summed E-state index contributed by atoms with van der Waals surface area (Å²) in [7, 11) is 0. The Kier molecular flexibility index (Phi) is 2.87. The minimum absolute atomic E-state index is 0.190. The molecule has 0 amide bonds. The maximum absolute atomic E-state index is 9.71. The van der Waals surface area contributed by atoms with E-state index >= 15 is 0 Å². The van der Waals surface area contributed by atoms with Crippen molar-refractivity contribution in [3.05, 3.63) is 35.7 Å². The first kappa shape index (κ1) is 10.6. The monoisotopic (exact) mass is 218 g/mol. The SMILES string of the molecule is Cc1c(CCN)nnn1-c1ccccc1O. The third-order valence-corrected chi connectivity index (χ3v) is 2.48. The van der Waals surface area contributed by atoms with Crippen molar-refractivity contribution < 1.29 is 5.11 Å². The van der Waals surface area contributed by atoms with Gasteiger partial charge in [-0.2, -0.15) is 0 Å². The number of benzene rings is 1. The van der Waals surface area contributed by atoms with Gasteiger partial charge in [-0.3, -0.25) is 0 Å². The van der Waals surface area contributed by atoms with E-state index in [9.17, 15) is 5.11 Å². The number of phenolic OH excluding ortho intramolecular Hbond substituents is 1. The Morgan fingerprint density at radius 2 is 2.12 bits per heavy atom. The molecule has 0 aliphatic carbocycles. The molecule has 0 unspecified atom stereocenters. The molecule has 0 spiro atoms. The lowest BCUT2D eigenvalue weighted by Crippen LogP contribution is -2.05. The summed E-state index contributed by atoms with van der Waals surface area (Å²) >= 11 is 0. The van der Waals surface area contributed by atoms with E-state index in [2.05, 4.69) is 10.3 Å². The molecule has 5 nitrogen and oxygen atoms in total. The molecule has 0 bridgehead atoms. The summed E-state index contributed by atoms with van der Waals surface area (Å²) < 4.78 is 1.63. The van der Waals surface area contributed by atoms with Gasteiger partial charge in [-0.15, -0.1) is 5.10 Å². The van der Waals surface area contributed by atoms with Crippen molar-refractivity contribution in [2.24, 2.45) is 5.73 Å². The third kappa shape index (κ3) is 1.77. The smallest absolute Gasteiger partial charge is 0.141 e. The number of aromatic hydroxyl groups is 1. The predicted octanol–water partition coefficient (Wildman–Crippen LogP) is 0.783. The van der Waals surface area contributed by atoms with Gasteiger partial charge in [-0.1, -0.05) is 17.3 Å². The van der Waals surface area contributed by atoms with Crippen LogP contribution in [0.15, 0.2) is 24.3 Å². The largest absolute Gasteiger partial charge is 0.506 e. The normalized spacial score (nSPS) is 10.6. The molecule has 0 aliphatic rings. The highest BCUT2D eigenvalue weighted by atomic mass is 16.3. The van der Waals surface area contributed by atoms with Crippen LogP contribution in [0.3, 0.4) is 0 Å². The zero-order valence-electron chi connectivity index (χ0n) is 9.09. The highest BCUT2D eigenvalue weighted by molar-refractivity contribution is 5.45. The number of hydrogen-bond acceptors (Lipinski definition) is 4. The van der Waals surface area contributed by atoms with E-state index < -0.39 is 0 Å². The van der Waals surface area contributed by atoms with Crippen LogP contribution in [-0.4, -0.2) is 26.6 Å². The fraction of sp³-hybridized carbons (Fsp3) is 0.273. The van der Waals surface area contributed by atoms with Gasteiger partial charge >= 0.3 is 0 Å². The van der Waals surface area contributed by atoms with Crippen molar-refractivity contribution in [1.29, 1.82) is 0 Å². The quantitative estimate of drug-likeness (QED) is 0.798. The number of para-hydroxylation sites is 2. The van der Waals surface area contributed by atoms with Crippen molar-refractivity contribution >= 4 is 0 Å². The van der Waals surface area contributed by atoms with Gasteiger partial charge in [0.25, 0.3) is 0 Å². The minimum Gasteiger partial charge on any atom is -0.506 e. The molecule has 2 aromatic rings. The second-order valence-corrected chi connectivity index (χ2v) is 3.56. The summed E-state index contributed by atoms with van der Waals surface area (Å²) in [5, 5.41) is 17.8. The van der Waals surface area contributed by atoms with E-state index in [0.29, 0.717) is 18.7 Å². The van der Waals surface area contributed by atoms with Crippen LogP contribution in [-0.2, 0) is 6.42 Å². The molecule has 0 atom stereocenters. The van der Waals surface area contributed by atoms with Crippen LogP contribution in [0, 0.1) is 6.92 Å². The molecule has 84 valence electrons. The average Bonchev–Trinajstić information content (AvgIpc) is 2.62. The van der Waals surface area contributed by atoms with Crippen molar-refractivity contribution in [2.45, 2.75) is 13.3 Å². The lowest BCUT2D eigenvalue weighted by Gasteiger charge is -2.05. The first-order valence-electron chi connectivity index (χ1n) is 5.13. The Hall–Kier alpha value is -1.88. The van der Waals surface area contributed by atoms with E-state index in [4.69, 9.17) is 5.73 Å². The standard InChI is InChI=1S/C11H14N4O/c1-8-9(6-7-12)13-14-15(8)10-4-2-3-5-11(10)16/h2-5,16H,6-7,12H2,1H3. The van der Waals surface area contributed by atoms with Gasteiger partial charge in [0.05, 0.1) is 11.4 Å². The molecule has 0 saturated carbocycles. The van der Waals surface area contributed by atoms with Gasteiger partial charge in [0, 0.05) is 6.42 Å². The number of nitrogens with two attached hydrogens (primary N) is 1. The van der Waals surface area contributed by atoms with Gasteiger partial charge in [0.15, 0.2) is 0 Å². The van der Waals surface area contributed by atoms with E-state index in [1.54, 1.807) is 22.9 Å². The van der Waals surface area contributed by atoms with Crippen LogP contribution in [0.25, 0.3) is 5.69 Å². The molecule has 0 radical (unpaired) electrons. The Balaban J connectivity index is 2.45. The molecule has 0 saturated heterocycles. The molecule has 2 rings (SSSR count). The van der Waals surface area contributed by atoms with E-state index in [-0.39, 0.29) is 5.75 Å². The molecular weight excluding hydrogens is 204 g/mol. The Labute approximate surface area is 93.5 Å². The number of rotatable bonds is 3. The third-order valence-electron chi connectivity index (χ3n) is 2.48. The summed E-state index contributed by atoms with van der Waals surface area (Å²) in [5.41, 5.74) is 7.89. The van der Waals surface area contributed by atoms with Gasteiger partial charge in [-0.25, -0.2) is 4.68 Å². The maximum Gasteiger partial charge on any atom is 0.141 e. The van der Waals surface area contributed by atoms with Gasteiger partial charge in [0.2, 0.25) is 0 Å². The Bertz CT molecular complexity index is 492. The molecule has 0 fully saturated rings. The summed E-state index contributed by atoms with van der Waals surface area (Å²) in [6, 6.07) is 7.03. The number of hydrogen-bond donors (Lipinski definition) is 2.